The Morgan fingerprint density at radius 3 is 2.44 bits per heavy atom. The van der Waals surface area contributed by atoms with Crippen molar-refractivity contribution in [3.63, 3.8) is 0 Å². The number of hydrogen-bond acceptors (Lipinski definition) is 2. The van der Waals surface area contributed by atoms with Crippen LogP contribution in [0.2, 0.25) is 0 Å². The van der Waals surface area contributed by atoms with Crippen LogP contribution in [-0.4, -0.2) is 12.6 Å². The minimum atomic E-state index is 0.235. The molecule has 88 valence electrons. The molecule has 0 heterocycles. The van der Waals surface area contributed by atoms with Gasteiger partial charge in [-0.2, -0.15) is 0 Å². The molecule has 2 N–H and O–H groups in total. The Labute approximate surface area is 97.8 Å². The average molecular weight is 219 g/mol. The third kappa shape index (κ3) is 2.07. The number of benzene rings is 1. The van der Waals surface area contributed by atoms with Crippen molar-refractivity contribution in [3.8, 4) is 5.75 Å². The monoisotopic (exact) mass is 219 g/mol. The van der Waals surface area contributed by atoms with E-state index in [0.29, 0.717) is 11.3 Å². The third-order valence-electron chi connectivity index (χ3n) is 3.58. The zero-order chi connectivity index (χ0) is 11.8. The van der Waals surface area contributed by atoms with Gasteiger partial charge in [-0.25, -0.2) is 0 Å². The normalized spacial score (nSPS) is 28.2. The second kappa shape index (κ2) is 4.10. The van der Waals surface area contributed by atoms with E-state index in [4.69, 9.17) is 10.5 Å². The molecule has 0 aliphatic heterocycles. The van der Waals surface area contributed by atoms with E-state index in [1.54, 1.807) is 0 Å². The Balaban J connectivity index is 2.09. The second-order valence-electron chi connectivity index (χ2n) is 5.25. The number of hydrogen-bond donors (Lipinski definition) is 1. The van der Waals surface area contributed by atoms with Gasteiger partial charge in [0, 0.05) is 0 Å². The fourth-order valence-corrected chi connectivity index (χ4v) is 2.34. The molecular weight excluding hydrogens is 198 g/mol. The summed E-state index contributed by atoms with van der Waals surface area (Å²) in [5.41, 5.74) is 7.42. The fraction of sp³-hybridized carbons (Fsp3) is 0.571. The van der Waals surface area contributed by atoms with Gasteiger partial charge in [0.15, 0.2) is 0 Å². The van der Waals surface area contributed by atoms with Crippen LogP contribution in [0, 0.1) is 5.92 Å². The van der Waals surface area contributed by atoms with E-state index in [1.165, 1.54) is 12.0 Å². The van der Waals surface area contributed by atoms with Gasteiger partial charge in [0.1, 0.15) is 5.75 Å². The van der Waals surface area contributed by atoms with Crippen LogP contribution >= 0.6 is 0 Å². The summed E-state index contributed by atoms with van der Waals surface area (Å²) in [7, 11) is 0. The highest BCUT2D eigenvalue weighted by Crippen LogP contribution is 2.53. The Hall–Kier alpha value is -1.02. The Morgan fingerprint density at radius 2 is 2.00 bits per heavy atom. The number of ether oxygens (including phenoxy) is 1. The molecule has 1 aromatic carbocycles. The number of rotatable bonds is 4. The summed E-state index contributed by atoms with van der Waals surface area (Å²) in [6, 6.07) is 8.47. The van der Waals surface area contributed by atoms with Crippen molar-refractivity contribution in [2.45, 2.75) is 38.7 Å². The molecule has 2 rings (SSSR count). The molecule has 16 heavy (non-hydrogen) atoms. The van der Waals surface area contributed by atoms with Crippen molar-refractivity contribution in [1.29, 1.82) is 0 Å². The second-order valence-corrected chi connectivity index (χ2v) is 5.25. The molecule has 2 heteroatoms. The molecule has 1 aliphatic carbocycles. The predicted molar refractivity (Wildman–Crippen MR) is 66.7 cm³/mol. The van der Waals surface area contributed by atoms with Crippen LogP contribution in [0.1, 0.15) is 32.8 Å². The number of nitrogens with two attached hydrogens (primary N) is 1. The molecule has 1 fully saturated rings. The zero-order valence-corrected chi connectivity index (χ0v) is 10.4. The lowest BCUT2D eigenvalue weighted by Crippen LogP contribution is -2.12. The van der Waals surface area contributed by atoms with Crippen molar-refractivity contribution in [2.75, 3.05) is 6.54 Å². The molecule has 0 bridgehead atoms. The molecule has 1 saturated carbocycles. The molecular formula is C14H21NO. The minimum Gasteiger partial charge on any atom is -0.491 e. The first-order valence-electron chi connectivity index (χ1n) is 6.03. The van der Waals surface area contributed by atoms with Crippen molar-refractivity contribution in [2.24, 2.45) is 11.7 Å². The third-order valence-corrected chi connectivity index (χ3v) is 3.58. The molecule has 1 aliphatic rings. The predicted octanol–water partition coefficient (Wildman–Crippen LogP) is 2.71. The van der Waals surface area contributed by atoms with Gasteiger partial charge in [0.05, 0.1) is 6.10 Å². The summed E-state index contributed by atoms with van der Waals surface area (Å²) in [5.74, 6) is 1.61. The van der Waals surface area contributed by atoms with Crippen LogP contribution in [0.3, 0.4) is 0 Å². The van der Waals surface area contributed by atoms with Crippen LogP contribution in [0.25, 0.3) is 0 Å². The van der Waals surface area contributed by atoms with E-state index in [-0.39, 0.29) is 6.10 Å². The van der Waals surface area contributed by atoms with E-state index >= 15 is 0 Å². The summed E-state index contributed by atoms with van der Waals surface area (Å²) in [6.07, 6.45) is 1.45. The maximum Gasteiger partial charge on any atom is 0.119 e. The summed E-state index contributed by atoms with van der Waals surface area (Å²) >= 11 is 0. The quantitative estimate of drug-likeness (QED) is 0.845. The van der Waals surface area contributed by atoms with Gasteiger partial charge < -0.3 is 10.5 Å². The van der Waals surface area contributed by atoms with Gasteiger partial charge >= 0.3 is 0 Å². The Bertz CT molecular complexity index is 358. The first-order valence-corrected chi connectivity index (χ1v) is 6.03. The topological polar surface area (TPSA) is 35.2 Å². The highest BCUT2D eigenvalue weighted by Gasteiger charge is 2.49. The van der Waals surface area contributed by atoms with Crippen molar-refractivity contribution >= 4 is 0 Å². The van der Waals surface area contributed by atoms with Crippen molar-refractivity contribution in [3.05, 3.63) is 29.8 Å². The van der Waals surface area contributed by atoms with E-state index in [0.717, 1.165) is 12.3 Å². The maximum absolute atomic E-state index is 5.72. The lowest BCUT2D eigenvalue weighted by molar-refractivity contribution is 0.242. The smallest absolute Gasteiger partial charge is 0.119 e. The molecule has 0 aromatic heterocycles. The van der Waals surface area contributed by atoms with Gasteiger partial charge in [0.2, 0.25) is 0 Å². The van der Waals surface area contributed by atoms with Gasteiger partial charge in [0.25, 0.3) is 0 Å². The largest absolute Gasteiger partial charge is 0.491 e. The van der Waals surface area contributed by atoms with E-state index in [2.05, 4.69) is 31.2 Å². The van der Waals surface area contributed by atoms with E-state index in [1.807, 2.05) is 13.8 Å². The molecule has 0 saturated heterocycles. The highest BCUT2D eigenvalue weighted by molar-refractivity contribution is 5.37. The summed E-state index contributed by atoms with van der Waals surface area (Å²) in [6.45, 7) is 7.17. The van der Waals surface area contributed by atoms with Crippen LogP contribution in [0.4, 0.5) is 0 Å². The molecule has 2 unspecified atom stereocenters. The SMILES string of the molecule is CC(C)Oc1ccc(C2(C)CC2CN)cc1. The van der Waals surface area contributed by atoms with E-state index < -0.39 is 0 Å². The van der Waals surface area contributed by atoms with Crippen LogP contribution in [0.5, 0.6) is 5.75 Å². The van der Waals surface area contributed by atoms with Crippen molar-refractivity contribution in [1.82, 2.24) is 0 Å². The average Bonchev–Trinajstić information content (AvgIpc) is 2.91. The maximum atomic E-state index is 5.72. The molecule has 0 radical (unpaired) electrons. The zero-order valence-electron chi connectivity index (χ0n) is 10.4. The fourth-order valence-electron chi connectivity index (χ4n) is 2.34. The minimum absolute atomic E-state index is 0.235. The first kappa shape index (κ1) is 11.5. The summed E-state index contributed by atoms with van der Waals surface area (Å²) in [4.78, 5) is 0. The molecule has 1 aromatic rings. The molecule has 0 amide bonds. The lowest BCUT2D eigenvalue weighted by Gasteiger charge is -2.14. The van der Waals surface area contributed by atoms with E-state index in [9.17, 15) is 0 Å². The van der Waals surface area contributed by atoms with Gasteiger partial charge in [-0.05, 0) is 55.8 Å². The lowest BCUT2D eigenvalue weighted by atomic mass is 9.95. The molecule has 2 nitrogen and oxygen atoms in total. The van der Waals surface area contributed by atoms with Crippen LogP contribution < -0.4 is 10.5 Å². The van der Waals surface area contributed by atoms with Gasteiger partial charge in [-0.15, -0.1) is 0 Å². The summed E-state index contributed by atoms with van der Waals surface area (Å²) < 4.78 is 5.63. The first-order chi connectivity index (χ1) is 7.56. The van der Waals surface area contributed by atoms with Crippen LogP contribution in [0.15, 0.2) is 24.3 Å². The standard InChI is InChI=1S/C14H21NO/c1-10(2)16-13-6-4-11(5-7-13)14(3)8-12(14)9-15/h4-7,10,12H,8-9,15H2,1-3H3. The Kier molecular flexibility index (Phi) is 2.94. The summed E-state index contributed by atoms with van der Waals surface area (Å²) in [5, 5.41) is 0. The molecule has 2 atom stereocenters. The van der Waals surface area contributed by atoms with Crippen LogP contribution in [-0.2, 0) is 5.41 Å². The molecule has 0 spiro atoms. The van der Waals surface area contributed by atoms with Crippen molar-refractivity contribution < 1.29 is 4.74 Å². The van der Waals surface area contributed by atoms with Gasteiger partial charge in [-0.1, -0.05) is 19.1 Å². The highest BCUT2D eigenvalue weighted by atomic mass is 16.5. The van der Waals surface area contributed by atoms with Gasteiger partial charge in [-0.3, -0.25) is 0 Å². The Morgan fingerprint density at radius 1 is 1.38 bits per heavy atom.